The van der Waals surface area contributed by atoms with Crippen LogP contribution in [0, 0.1) is 0 Å². The molecule has 0 amide bonds. The average Bonchev–Trinajstić information content (AvgIpc) is 2.30. The van der Waals surface area contributed by atoms with E-state index in [0.717, 1.165) is 18.8 Å². The highest BCUT2D eigenvalue weighted by Crippen LogP contribution is 2.13. The summed E-state index contributed by atoms with van der Waals surface area (Å²) < 4.78 is 11.0. The van der Waals surface area contributed by atoms with E-state index in [1.54, 1.807) is 0 Å². The minimum absolute atomic E-state index is 0.172. The van der Waals surface area contributed by atoms with Gasteiger partial charge >= 0.3 is 7.48 Å². The normalized spacial score (nSPS) is 14.2. The van der Waals surface area contributed by atoms with Crippen molar-refractivity contribution in [3.8, 4) is 5.75 Å². The summed E-state index contributed by atoms with van der Waals surface area (Å²) in [5.41, 5.74) is 2.49. The van der Waals surface area contributed by atoms with Crippen LogP contribution in [0.4, 0.5) is 0 Å². The van der Waals surface area contributed by atoms with E-state index in [9.17, 15) is 0 Å². The summed E-state index contributed by atoms with van der Waals surface area (Å²) in [6.07, 6.45) is 1.64. The van der Waals surface area contributed by atoms with E-state index in [0.29, 0.717) is 20.5 Å². The molecule has 0 saturated carbocycles. The molecule has 0 atom stereocenters. The molecule has 0 unspecified atom stereocenters. The van der Waals surface area contributed by atoms with Gasteiger partial charge in [0, 0.05) is 19.6 Å². The topological polar surface area (TPSA) is 38.7 Å². The summed E-state index contributed by atoms with van der Waals surface area (Å²) >= 11 is 0. The van der Waals surface area contributed by atoms with Crippen molar-refractivity contribution in [1.82, 2.24) is 0 Å². The second kappa shape index (κ2) is 5.19. The van der Waals surface area contributed by atoms with Gasteiger partial charge in [-0.1, -0.05) is 12.1 Å². The van der Waals surface area contributed by atoms with Crippen molar-refractivity contribution < 1.29 is 14.5 Å². The van der Waals surface area contributed by atoms with Gasteiger partial charge in [0.05, 0.1) is 6.61 Å². The first-order chi connectivity index (χ1) is 7.42. The number of aliphatic hydroxyl groups excluding tert-OH is 1. The predicted molar refractivity (Wildman–Crippen MR) is 60.1 cm³/mol. The average molecular weight is 206 g/mol. The van der Waals surface area contributed by atoms with Gasteiger partial charge in [0.1, 0.15) is 5.75 Å². The smallest absolute Gasteiger partial charge is 0.312 e. The standard InChI is InChI=1S/C11H15BO3/c13-6-2-7-14-10-4-1-3-9-5-8-15-12-11(9)10/h1,3-4,12-13H,2,5-8H2. The minimum atomic E-state index is 0.172. The molecule has 80 valence electrons. The van der Waals surface area contributed by atoms with E-state index < -0.39 is 0 Å². The largest absolute Gasteiger partial charge is 0.494 e. The third-order valence-electron chi connectivity index (χ3n) is 2.55. The molecule has 0 aliphatic carbocycles. The van der Waals surface area contributed by atoms with Gasteiger partial charge in [-0.05, 0) is 23.5 Å². The minimum Gasteiger partial charge on any atom is -0.494 e. The van der Waals surface area contributed by atoms with Crippen molar-refractivity contribution in [2.45, 2.75) is 12.8 Å². The van der Waals surface area contributed by atoms with Crippen molar-refractivity contribution in [3.05, 3.63) is 23.8 Å². The fraction of sp³-hybridized carbons (Fsp3) is 0.455. The Morgan fingerprint density at radius 3 is 3.27 bits per heavy atom. The zero-order valence-electron chi connectivity index (χ0n) is 8.74. The summed E-state index contributed by atoms with van der Waals surface area (Å²) in [5.74, 6) is 0.903. The summed E-state index contributed by atoms with van der Waals surface area (Å²) in [6, 6.07) is 6.10. The Kier molecular flexibility index (Phi) is 3.64. The van der Waals surface area contributed by atoms with Crippen LogP contribution < -0.4 is 10.2 Å². The lowest BCUT2D eigenvalue weighted by molar-refractivity contribution is 0.234. The van der Waals surface area contributed by atoms with Gasteiger partial charge in [-0.3, -0.25) is 0 Å². The predicted octanol–water partition coefficient (Wildman–Crippen LogP) is -0.00270. The van der Waals surface area contributed by atoms with Crippen molar-refractivity contribution >= 4 is 12.9 Å². The Bertz CT molecular complexity index is 328. The maximum Gasteiger partial charge on any atom is 0.312 e. The van der Waals surface area contributed by atoms with E-state index in [4.69, 9.17) is 14.5 Å². The van der Waals surface area contributed by atoms with Gasteiger partial charge in [-0.2, -0.15) is 0 Å². The SMILES string of the molecule is OCCCOc1cccc2c1BOCC2. The molecule has 1 aromatic rings. The van der Waals surface area contributed by atoms with Crippen LogP contribution in [0.15, 0.2) is 18.2 Å². The number of ether oxygens (including phenoxy) is 1. The summed E-state index contributed by atoms with van der Waals surface area (Å²) in [4.78, 5) is 0. The molecule has 0 fully saturated rings. The second-order valence-corrected chi connectivity index (χ2v) is 3.62. The van der Waals surface area contributed by atoms with E-state index in [1.165, 1.54) is 11.0 Å². The lowest BCUT2D eigenvalue weighted by Gasteiger charge is -2.19. The number of aliphatic hydroxyl groups is 1. The van der Waals surface area contributed by atoms with Gasteiger partial charge in [0.25, 0.3) is 0 Å². The van der Waals surface area contributed by atoms with E-state index in [1.807, 2.05) is 12.1 Å². The molecule has 4 heteroatoms. The zero-order valence-corrected chi connectivity index (χ0v) is 8.74. The monoisotopic (exact) mass is 206 g/mol. The fourth-order valence-electron chi connectivity index (χ4n) is 1.75. The third-order valence-corrected chi connectivity index (χ3v) is 2.55. The lowest BCUT2D eigenvalue weighted by Crippen LogP contribution is -2.30. The second-order valence-electron chi connectivity index (χ2n) is 3.62. The Labute approximate surface area is 90.3 Å². The number of hydrogen-bond acceptors (Lipinski definition) is 3. The molecule has 0 aromatic heterocycles. The van der Waals surface area contributed by atoms with Crippen LogP contribution in [0.5, 0.6) is 5.75 Å². The molecule has 2 rings (SSSR count). The molecule has 3 nitrogen and oxygen atoms in total. The van der Waals surface area contributed by atoms with Crippen LogP contribution in [0.1, 0.15) is 12.0 Å². The summed E-state index contributed by atoms with van der Waals surface area (Å²) in [5, 5.41) is 8.68. The number of benzene rings is 1. The van der Waals surface area contributed by atoms with Crippen LogP contribution in [0.3, 0.4) is 0 Å². The van der Waals surface area contributed by atoms with Crippen molar-refractivity contribution in [2.24, 2.45) is 0 Å². The molecule has 15 heavy (non-hydrogen) atoms. The van der Waals surface area contributed by atoms with Crippen LogP contribution in [-0.4, -0.2) is 32.4 Å². The highest BCUT2D eigenvalue weighted by atomic mass is 16.5. The number of rotatable bonds is 4. The molecule has 0 spiro atoms. The van der Waals surface area contributed by atoms with Crippen molar-refractivity contribution in [1.29, 1.82) is 0 Å². The third kappa shape index (κ3) is 2.52. The quantitative estimate of drug-likeness (QED) is 0.556. The molecule has 1 heterocycles. The number of hydrogen-bond donors (Lipinski definition) is 1. The van der Waals surface area contributed by atoms with E-state index >= 15 is 0 Å². The van der Waals surface area contributed by atoms with Crippen LogP contribution in [-0.2, 0) is 11.1 Å². The highest BCUT2D eigenvalue weighted by molar-refractivity contribution is 6.49. The molecule has 0 saturated heterocycles. The first-order valence-corrected chi connectivity index (χ1v) is 5.34. The molecule has 1 aromatic carbocycles. The van der Waals surface area contributed by atoms with Crippen LogP contribution in [0.25, 0.3) is 0 Å². The lowest BCUT2D eigenvalue weighted by atomic mass is 9.80. The molecular weight excluding hydrogens is 191 g/mol. The zero-order chi connectivity index (χ0) is 10.5. The summed E-state index contributed by atoms with van der Waals surface area (Å²) in [6.45, 7) is 1.53. The number of fused-ring (bicyclic) bond motifs is 1. The molecule has 1 aliphatic heterocycles. The fourth-order valence-corrected chi connectivity index (χ4v) is 1.75. The maximum absolute atomic E-state index is 8.68. The molecule has 1 N–H and O–H groups in total. The van der Waals surface area contributed by atoms with Gasteiger partial charge in [-0.25, -0.2) is 0 Å². The maximum atomic E-state index is 8.68. The first kappa shape index (κ1) is 10.5. The van der Waals surface area contributed by atoms with Crippen LogP contribution >= 0.6 is 0 Å². The Hall–Kier alpha value is -0.995. The van der Waals surface area contributed by atoms with Gasteiger partial charge in [0.2, 0.25) is 0 Å². The van der Waals surface area contributed by atoms with Gasteiger partial charge < -0.3 is 14.5 Å². The van der Waals surface area contributed by atoms with Gasteiger partial charge in [-0.15, -0.1) is 0 Å². The van der Waals surface area contributed by atoms with E-state index in [-0.39, 0.29) is 6.61 Å². The molecule has 0 radical (unpaired) electrons. The molecule has 0 bridgehead atoms. The molecule has 1 aliphatic rings. The first-order valence-electron chi connectivity index (χ1n) is 5.34. The van der Waals surface area contributed by atoms with E-state index in [2.05, 4.69) is 6.07 Å². The highest BCUT2D eigenvalue weighted by Gasteiger charge is 2.15. The van der Waals surface area contributed by atoms with Crippen LogP contribution in [0.2, 0.25) is 0 Å². The Balaban J connectivity index is 2.09. The molecular formula is C11H15BO3. The van der Waals surface area contributed by atoms with Gasteiger partial charge in [0.15, 0.2) is 0 Å². The Morgan fingerprint density at radius 2 is 2.40 bits per heavy atom. The van der Waals surface area contributed by atoms with Crippen molar-refractivity contribution in [3.63, 3.8) is 0 Å². The summed E-state index contributed by atoms with van der Waals surface area (Å²) in [7, 11) is 0.643. The van der Waals surface area contributed by atoms with Crippen molar-refractivity contribution in [2.75, 3.05) is 19.8 Å². The Morgan fingerprint density at radius 1 is 1.47 bits per heavy atom.